The maximum absolute atomic E-state index is 12.4. The molecule has 0 unspecified atom stereocenters. The van der Waals surface area contributed by atoms with Crippen molar-refractivity contribution in [1.82, 2.24) is 20.2 Å². The molecular weight excluding hydrogens is 344 g/mol. The quantitative estimate of drug-likeness (QED) is 0.811. The van der Waals surface area contributed by atoms with Gasteiger partial charge in [-0.1, -0.05) is 0 Å². The molecule has 1 saturated heterocycles. The Hall–Kier alpha value is -1.89. The Morgan fingerprint density at radius 2 is 2.08 bits per heavy atom. The van der Waals surface area contributed by atoms with Gasteiger partial charge in [0.1, 0.15) is 5.60 Å². The van der Waals surface area contributed by atoms with E-state index in [0.29, 0.717) is 30.6 Å². The van der Waals surface area contributed by atoms with E-state index in [-0.39, 0.29) is 29.4 Å². The normalized spacial score (nSPS) is 21.0. The monoisotopic (exact) mass is 368 g/mol. The third-order valence-corrected chi connectivity index (χ3v) is 4.22. The van der Waals surface area contributed by atoms with Crippen LogP contribution in [0.15, 0.2) is 6.20 Å². The zero-order valence-corrected chi connectivity index (χ0v) is 16.1. The van der Waals surface area contributed by atoms with Crippen LogP contribution in [0.1, 0.15) is 56.6 Å². The van der Waals surface area contributed by atoms with Crippen molar-refractivity contribution in [2.75, 3.05) is 6.54 Å². The molecule has 0 bridgehead atoms. The minimum atomic E-state index is -0.520. The van der Waals surface area contributed by atoms with Crippen molar-refractivity contribution in [3.8, 4) is 0 Å². The van der Waals surface area contributed by atoms with Gasteiger partial charge in [-0.25, -0.2) is 14.8 Å². The smallest absolute Gasteiger partial charge is 0.410 e. The van der Waals surface area contributed by atoms with Crippen molar-refractivity contribution in [2.24, 2.45) is 0 Å². The molecule has 7 nitrogen and oxygen atoms in total. The lowest BCUT2D eigenvalue weighted by Crippen LogP contribution is -2.52. The third kappa shape index (κ3) is 5.29. The van der Waals surface area contributed by atoms with Crippen LogP contribution in [0, 0.1) is 6.92 Å². The van der Waals surface area contributed by atoms with E-state index in [1.807, 2.05) is 27.7 Å². The molecule has 1 aromatic heterocycles. The van der Waals surface area contributed by atoms with Crippen molar-refractivity contribution in [1.29, 1.82) is 0 Å². The van der Waals surface area contributed by atoms with Crippen molar-refractivity contribution < 1.29 is 14.3 Å². The summed E-state index contributed by atoms with van der Waals surface area (Å²) in [5.41, 5.74) is 0.428. The molecule has 2 atom stereocenters. The van der Waals surface area contributed by atoms with Gasteiger partial charge in [-0.3, -0.25) is 4.79 Å². The van der Waals surface area contributed by atoms with E-state index < -0.39 is 5.60 Å². The molecule has 0 radical (unpaired) electrons. The molecule has 0 spiro atoms. The summed E-state index contributed by atoms with van der Waals surface area (Å²) in [6, 6.07) is -0.0345. The molecule has 1 N–H and O–H groups in total. The number of rotatable bonds is 2. The van der Waals surface area contributed by atoms with E-state index in [1.165, 1.54) is 6.20 Å². The number of amides is 2. The molecule has 25 heavy (non-hydrogen) atoms. The first-order valence-corrected chi connectivity index (χ1v) is 8.74. The molecule has 138 valence electrons. The summed E-state index contributed by atoms with van der Waals surface area (Å²) in [6.07, 6.45) is 2.45. The van der Waals surface area contributed by atoms with Crippen LogP contribution in [0.2, 0.25) is 5.28 Å². The largest absolute Gasteiger partial charge is 0.444 e. The molecular formula is C17H25ClN4O3. The number of ether oxygens (including phenoxy) is 1. The Bertz CT molecular complexity index is 660. The topological polar surface area (TPSA) is 84.4 Å². The van der Waals surface area contributed by atoms with Gasteiger partial charge in [0.05, 0.1) is 11.3 Å². The standard InChI is InChI=1S/C17H25ClN4O3/c1-10-8-12(6-7-22(10)16(24)25-17(3,4)5)21-14(23)13-9-19-15(18)20-11(13)2/h9-10,12H,6-8H2,1-5H3,(H,21,23)/t10-,12-/m0/s1. The Balaban J connectivity index is 1.94. The van der Waals surface area contributed by atoms with Gasteiger partial charge in [-0.15, -0.1) is 0 Å². The van der Waals surface area contributed by atoms with Gasteiger partial charge in [-0.05, 0) is 59.1 Å². The summed E-state index contributed by atoms with van der Waals surface area (Å²) in [5.74, 6) is -0.225. The van der Waals surface area contributed by atoms with E-state index in [2.05, 4.69) is 15.3 Å². The number of nitrogens with one attached hydrogen (secondary N) is 1. The molecule has 2 rings (SSSR count). The Morgan fingerprint density at radius 1 is 1.40 bits per heavy atom. The van der Waals surface area contributed by atoms with Gasteiger partial charge in [0.2, 0.25) is 5.28 Å². The fourth-order valence-electron chi connectivity index (χ4n) is 2.82. The lowest BCUT2D eigenvalue weighted by Gasteiger charge is -2.38. The number of hydrogen-bond acceptors (Lipinski definition) is 5. The zero-order valence-electron chi connectivity index (χ0n) is 15.3. The van der Waals surface area contributed by atoms with Gasteiger partial charge in [0.15, 0.2) is 0 Å². The maximum atomic E-state index is 12.4. The highest BCUT2D eigenvalue weighted by Gasteiger charge is 2.32. The van der Waals surface area contributed by atoms with Gasteiger partial charge < -0.3 is 15.0 Å². The highest BCUT2D eigenvalue weighted by Crippen LogP contribution is 2.21. The number of aromatic nitrogens is 2. The molecule has 0 aromatic carbocycles. The summed E-state index contributed by atoms with van der Waals surface area (Å²) in [4.78, 5) is 34.2. The Kier molecular flexibility index (Phi) is 5.87. The summed E-state index contributed by atoms with van der Waals surface area (Å²) >= 11 is 5.72. The van der Waals surface area contributed by atoms with Crippen LogP contribution in [0.3, 0.4) is 0 Å². The first-order chi connectivity index (χ1) is 11.6. The van der Waals surface area contributed by atoms with Crippen LogP contribution in [-0.2, 0) is 4.74 Å². The summed E-state index contributed by atoms with van der Waals surface area (Å²) in [5, 5.41) is 3.11. The van der Waals surface area contributed by atoms with Gasteiger partial charge in [-0.2, -0.15) is 0 Å². The third-order valence-electron chi connectivity index (χ3n) is 4.03. The van der Waals surface area contributed by atoms with Gasteiger partial charge in [0.25, 0.3) is 5.91 Å². The summed E-state index contributed by atoms with van der Waals surface area (Å²) in [6.45, 7) is 9.75. The number of piperidine rings is 1. The zero-order chi connectivity index (χ0) is 18.8. The first kappa shape index (κ1) is 19.4. The Labute approximate surface area is 153 Å². The highest BCUT2D eigenvalue weighted by molar-refractivity contribution is 6.28. The molecule has 0 saturated carbocycles. The van der Waals surface area contributed by atoms with E-state index in [0.717, 1.165) is 0 Å². The molecule has 2 heterocycles. The second-order valence-corrected chi connectivity index (χ2v) is 7.69. The van der Waals surface area contributed by atoms with E-state index in [4.69, 9.17) is 16.3 Å². The van der Waals surface area contributed by atoms with Crippen molar-refractivity contribution >= 4 is 23.6 Å². The van der Waals surface area contributed by atoms with Crippen LogP contribution in [0.4, 0.5) is 4.79 Å². The van der Waals surface area contributed by atoms with E-state index >= 15 is 0 Å². The first-order valence-electron chi connectivity index (χ1n) is 8.36. The van der Waals surface area contributed by atoms with E-state index in [1.54, 1.807) is 11.8 Å². The number of hydrogen-bond donors (Lipinski definition) is 1. The van der Waals surface area contributed by atoms with Crippen LogP contribution >= 0.6 is 11.6 Å². The summed E-state index contributed by atoms with van der Waals surface area (Å²) < 4.78 is 5.43. The number of likely N-dealkylation sites (tertiary alicyclic amines) is 1. The minimum absolute atomic E-state index is 0.0172. The number of halogens is 1. The van der Waals surface area contributed by atoms with Crippen LogP contribution in [-0.4, -0.2) is 51.1 Å². The average molecular weight is 369 g/mol. The lowest BCUT2D eigenvalue weighted by atomic mass is 9.98. The lowest BCUT2D eigenvalue weighted by molar-refractivity contribution is 0.00960. The predicted molar refractivity (Wildman–Crippen MR) is 94.7 cm³/mol. The van der Waals surface area contributed by atoms with Crippen LogP contribution < -0.4 is 5.32 Å². The highest BCUT2D eigenvalue weighted by atomic mass is 35.5. The molecule has 1 aliphatic rings. The Morgan fingerprint density at radius 3 is 2.64 bits per heavy atom. The molecule has 1 aliphatic heterocycles. The van der Waals surface area contributed by atoms with E-state index in [9.17, 15) is 9.59 Å². The fraction of sp³-hybridized carbons (Fsp3) is 0.647. The van der Waals surface area contributed by atoms with Crippen molar-refractivity contribution in [2.45, 2.75) is 65.1 Å². The predicted octanol–water partition coefficient (Wildman–Crippen LogP) is 2.96. The van der Waals surface area contributed by atoms with Gasteiger partial charge >= 0.3 is 6.09 Å². The number of nitrogens with zero attached hydrogens (tertiary/aromatic N) is 3. The number of aryl methyl sites for hydroxylation is 1. The van der Waals surface area contributed by atoms with Gasteiger partial charge in [0, 0.05) is 24.8 Å². The maximum Gasteiger partial charge on any atom is 0.410 e. The molecule has 8 heteroatoms. The molecule has 1 fully saturated rings. The average Bonchev–Trinajstić information content (AvgIpc) is 2.45. The second-order valence-electron chi connectivity index (χ2n) is 7.36. The fourth-order valence-corrected chi connectivity index (χ4v) is 3.00. The molecule has 1 aromatic rings. The minimum Gasteiger partial charge on any atom is -0.444 e. The van der Waals surface area contributed by atoms with Crippen molar-refractivity contribution in [3.63, 3.8) is 0 Å². The second kappa shape index (κ2) is 7.56. The van der Waals surface area contributed by atoms with Crippen LogP contribution in [0.5, 0.6) is 0 Å². The summed E-state index contributed by atoms with van der Waals surface area (Å²) in [7, 11) is 0. The molecule has 0 aliphatic carbocycles. The van der Waals surface area contributed by atoms with Crippen LogP contribution in [0.25, 0.3) is 0 Å². The molecule has 2 amide bonds. The number of carbonyl (C=O) groups is 2. The number of carbonyl (C=O) groups excluding carboxylic acids is 2. The SMILES string of the molecule is Cc1nc(Cl)ncc1C(=O)N[C@H]1CCN(C(=O)OC(C)(C)C)[C@@H](C)C1. The van der Waals surface area contributed by atoms with Crippen molar-refractivity contribution in [3.05, 3.63) is 22.7 Å².